The molecule has 8 heteroatoms. The zero-order valence-corrected chi connectivity index (χ0v) is 21.2. The number of carbonyl (C=O) groups excluding carboxylic acids is 3. The van der Waals surface area contributed by atoms with E-state index in [1.165, 1.54) is 0 Å². The molecule has 34 heavy (non-hydrogen) atoms. The first-order chi connectivity index (χ1) is 16.4. The highest BCUT2D eigenvalue weighted by molar-refractivity contribution is 8.02. The Hall–Kier alpha value is -1.80. The van der Waals surface area contributed by atoms with Crippen molar-refractivity contribution >= 4 is 29.5 Å². The number of rotatable bonds is 8. The third kappa shape index (κ3) is 4.32. The van der Waals surface area contributed by atoms with Gasteiger partial charge in [-0.05, 0) is 45.4 Å². The lowest BCUT2D eigenvalue weighted by atomic mass is 9.74. The summed E-state index contributed by atoms with van der Waals surface area (Å²) in [5, 5.41) is 9.17. The molecule has 2 saturated heterocycles. The van der Waals surface area contributed by atoms with Crippen molar-refractivity contribution in [2.75, 3.05) is 32.8 Å². The maximum Gasteiger partial charge on any atom is 0.311 e. The average Bonchev–Trinajstić information content (AvgIpc) is 3.16. The number of cyclic esters (lactones) is 1. The molecule has 0 radical (unpaired) electrons. The van der Waals surface area contributed by atoms with Gasteiger partial charge in [-0.15, -0.1) is 11.8 Å². The van der Waals surface area contributed by atoms with Crippen molar-refractivity contribution < 1.29 is 24.2 Å². The molecule has 4 aliphatic rings. The van der Waals surface area contributed by atoms with Crippen molar-refractivity contribution in [3.05, 3.63) is 24.3 Å². The lowest BCUT2D eigenvalue weighted by molar-refractivity contribution is -0.154. The number of nitrogens with zero attached hydrogens (tertiary/aromatic N) is 2. The summed E-state index contributed by atoms with van der Waals surface area (Å²) in [5.41, 5.74) is 0. The first kappa shape index (κ1) is 25.3. The van der Waals surface area contributed by atoms with Gasteiger partial charge in [-0.1, -0.05) is 37.6 Å². The zero-order valence-electron chi connectivity index (χ0n) is 20.4. The summed E-state index contributed by atoms with van der Waals surface area (Å²) in [7, 11) is 0. The Labute approximate surface area is 206 Å². The molecule has 2 amide bonds. The normalized spacial score (nSPS) is 36.2. The molecule has 0 bridgehead atoms. The van der Waals surface area contributed by atoms with E-state index in [1.54, 1.807) is 16.7 Å². The average molecular weight is 491 g/mol. The lowest BCUT2D eigenvalue weighted by Gasteiger charge is -2.37. The molecule has 0 aromatic heterocycles. The number of aliphatic hydroxyl groups excluding tert-OH is 1. The van der Waals surface area contributed by atoms with Gasteiger partial charge in [-0.3, -0.25) is 14.4 Å². The topological polar surface area (TPSA) is 87.2 Å². The summed E-state index contributed by atoms with van der Waals surface area (Å²) in [4.78, 5) is 45.0. The first-order valence-corrected chi connectivity index (χ1v) is 13.6. The molecule has 0 aliphatic carbocycles. The molecule has 1 N–H and O–H groups in total. The van der Waals surface area contributed by atoms with E-state index in [9.17, 15) is 19.5 Å². The van der Waals surface area contributed by atoms with E-state index in [-0.39, 0.29) is 24.4 Å². The largest absolute Gasteiger partial charge is 0.465 e. The first-order valence-electron chi connectivity index (χ1n) is 12.8. The van der Waals surface area contributed by atoms with E-state index in [1.807, 2.05) is 17.9 Å². The molecule has 4 heterocycles. The van der Waals surface area contributed by atoms with Crippen LogP contribution in [0.5, 0.6) is 0 Å². The van der Waals surface area contributed by atoms with Crippen LogP contribution in [0.15, 0.2) is 24.3 Å². The van der Waals surface area contributed by atoms with E-state index in [0.29, 0.717) is 39.1 Å². The Morgan fingerprint density at radius 1 is 1.06 bits per heavy atom. The number of aliphatic hydroxyl groups is 1. The predicted octanol–water partition coefficient (Wildman–Crippen LogP) is 2.93. The quantitative estimate of drug-likeness (QED) is 0.320. The van der Waals surface area contributed by atoms with Crippen molar-refractivity contribution in [2.24, 2.45) is 11.8 Å². The molecule has 4 rings (SSSR count). The van der Waals surface area contributed by atoms with Crippen molar-refractivity contribution in [3.63, 3.8) is 0 Å². The van der Waals surface area contributed by atoms with Crippen molar-refractivity contribution in [3.8, 4) is 0 Å². The van der Waals surface area contributed by atoms with Gasteiger partial charge in [-0.2, -0.15) is 0 Å². The number of fused-ring (bicyclic) bond motifs is 2. The Balaban J connectivity index is 1.76. The number of hydrogen-bond acceptors (Lipinski definition) is 6. The fraction of sp³-hybridized carbons (Fsp3) is 0.731. The maximum absolute atomic E-state index is 14.0. The lowest BCUT2D eigenvalue weighted by Crippen LogP contribution is -2.53. The summed E-state index contributed by atoms with van der Waals surface area (Å²) in [6, 6.07) is -0.631. The highest BCUT2D eigenvalue weighted by Crippen LogP contribution is 2.65. The van der Waals surface area contributed by atoms with Gasteiger partial charge >= 0.3 is 5.97 Å². The number of allylic oxidation sites excluding steroid dienone is 1. The number of ether oxygens (including phenoxy) is 1. The van der Waals surface area contributed by atoms with Gasteiger partial charge < -0.3 is 19.6 Å². The van der Waals surface area contributed by atoms with Gasteiger partial charge in [0.15, 0.2) is 0 Å². The summed E-state index contributed by atoms with van der Waals surface area (Å²) in [5.74, 6) is -1.73. The number of unbranched alkanes of at least 4 members (excludes halogenated alkanes) is 3. The molecule has 0 aromatic rings. The van der Waals surface area contributed by atoms with Gasteiger partial charge in [-0.25, -0.2) is 0 Å². The molecule has 0 saturated carbocycles. The number of likely N-dealkylation sites (tertiary alicyclic amines) is 1. The van der Waals surface area contributed by atoms with Gasteiger partial charge in [0.25, 0.3) is 0 Å². The Bertz CT molecular complexity index is 860. The van der Waals surface area contributed by atoms with Crippen LogP contribution in [0.1, 0.15) is 58.8 Å². The molecule has 1 spiro atoms. The van der Waals surface area contributed by atoms with Gasteiger partial charge in [0, 0.05) is 31.0 Å². The number of thioether (sulfide) groups is 1. The molecule has 7 nitrogen and oxygen atoms in total. The van der Waals surface area contributed by atoms with E-state index in [4.69, 9.17) is 4.74 Å². The van der Waals surface area contributed by atoms with Crippen LogP contribution in [-0.2, 0) is 19.1 Å². The van der Waals surface area contributed by atoms with Gasteiger partial charge in [0.2, 0.25) is 11.8 Å². The second-order valence-electron chi connectivity index (χ2n) is 10.1. The third-order valence-electron chi connectivity index (χ3n) is 7.67. The fourth-order valence-electron chi connectivity index (χ4n) is 6.04. The third-order valence-corrected chi connectivity index (χ3v) is 9.47. The van der Waals surface area contributed by atoms with Crippen LogP contribution >= 0.6 is 11.8 Å². The number of esters is 1. The summed E-state index contributed by atoms with van der Waals surface area (Å²) < 4.78 is 4.23. The monoisotopic (exact) mass is 490 g/mol. The fourth-order valence-corrected chi connectivity index (χ4v) is 8.19. The molecular weight excluding hydrogens is 452 g/mol. The highest BCUT2D eigenvalue weighted by Gasteiger charge is 2.73. The Kier molecular flexibility index (Phi) is 7.77. The van der Waals surface area contributed by atoms with Crippen LogP contribution < -0.4 is 0 Å². The number of hydrogen-bond donors (Lipinski definition) is 1. The summed E-state index contributed by atoms with van der Waals surface area (Å²) >= 11 is 1.60. The van der Waals surface area contributed by atoms with Crippen LogP contribution in [0.4, 0.5) is 0 Å². The van der Waals surface area contributed by atoms with Crippen LogP contribution in [0.3, 0.4) is 0 Å². The van der Waals surface area contributed by atoms with E-state index < -0.39 is 27.4 Å². The highest BCUT2D eigenvalue weighted by atomic mass is 32.2. The molecular formula is C26H38N2O5S. The van der Waals surface area contributed by atoms with E-state index in [0.717, 1.165) is 32.1 Å². The zero-order chi connectivity index (χ0) is 24.3. The molecule has 188 valence electrons. The SMILES string of the molecule is CCCCN1CC=C[C@]23S[C@@]4(C)/C=C\CCCOC(=O)[C@H]4[C@H]2C(=O)N(CCCCCO)C3C1=O. The molecule has 2 fully saturated rings. The summed E-state index contributed by atoms with van der Waals surface area (Å²) in [6.45, 7) is 6.24. The standard InChI is InChI=1S/C26H38N2O5S/c1-3-4-14-27-15-11-13-26-19(20-24(32)33-18-10-5-7-12-25(20,2)34-26)22(30)28(21(26)23(27)31)16-8-6-9-17-29/h7,11-13,19-21,29H,3-6,8-10,14-18H2,1-2H3/b12-7-/t19-,20+,21?,25-,26-/m0/s1. The van der Waals surface area contributed by atoms with E-state index >= 15 is 0 Å². The molecule has 5 atom stereocenters. The second kappa shape index (κ2) is 10.4. The van der Waals surface area contributed by atoms with Crippen molar-refractivity contribution in [1.29, 1.82) is 0 Å². The predicted molar refractivity (Wildman–Crippen MR) is 132 cm³/mol. The number of carbonyl (C=O) groups is 3. The minimum atomic E-state index is -0.798. The van der Waals surface area contributed by atoms with Crippen molar-refractivity contribution in [1.82, 2.24) is 9.80 Å². The Morgan fingerprint density at radius 3 is 2.65 bits per heavy atom. The maximum atomic E-state index is 14.0. The summed E-state index contributed by atoms with van der Waals surface area (Å²) in [6.07, 6.45) is 13.9. The van der Waals surface area contributed by atoms with Gasteiger partial charge in [0.05, 0.1) is 23.2 Å². The van der Waals surface area contributed by atoms with Crippen LogP contribution in [0.25, 0.3) is 0 Å². The molecule has 1 unspecified atom stereocenters. The second-order valence-corrected chi connectivity index (χ2v) is 11.9. The Morgan fingerprint density at radius 2 is 1.88 bits per heavy atom. The minimum Gasteiger partial charge on any atom is -0.465 e. The molecule has 4 aliphatic heterocycles. The van der Waals surface area contributed by atoms with Crippen LogP contribution in [0.2, 0.25) is 0 Å². The number of amides is 2. The van der Waals surface area contributed by atoms with Crippen LogP contribution in [-0.4, -0.2) is 81.1 Å². The van der Waals surface area contributed by atoms with Crippen molar-refractivity contribution in [2.45, 2.75) is 74.3 Å². The smallest absolute Gasteiger partial charge is 0.311 e. The van der Waals surface area contributed by atoms with E-state index in [2.05, 4.69) is 25.2 Å². The molecule has 0 aromatic carbocycles. The van der Waals surface area contributed by atoms with Crippen LogP contribution in [0, 0.1) is 11.8 Å². The minimum absolute atomic E-state index is 0.0172. The van der Waals surface area contributed by atoms with Gasteiger partial charge in [0.1, 0.15) is 6.04 Å².